The Morgan fingerprint density at radius 1 is 1.03 bits per heavy atom. The fourth-order valence-electron chi connectivity index (χ4n) is 4.95. The predicted molar refractivity (Wildman–Crippen MR) is 119 cm³/mol. The van der Waals surface area contributed by atoms with E-state index in [4.69, 9.17) is 0 Å². The number of hydrogen-bond donors (Lipinski definition) is 1. The summed E-state index contributed by atoms with van der Waals surface area (Å²) in [6.45, 7) is 6.65. The maximum absolute atomic E-state index is 14.9. The van der Waals surface area contributed by atoms with Crippen molar-refractivity contribution in [3.63, 3.8) is 0 Å². The molecule has 0 amide bonds. The molecule has 3 atom stereocenters. The van der Waals surface area contributed by atoms with Gasteiger partial charge < -0.3 is 14.9 Å². The van der Waals surface area contributed by atoms with Crippen molar-refractivity contribution in [2.45, 2.75) is 44.9 Å². The molecule has 2 saturated heterocycles. The molecule has 0 aliphatic carbocycles. The first-order valence-electron chi connectivity index (χ1n) is 11.0. The number of alkyl halides is 1. The van der Waals surface area contributed by atoms with E-state index in [-0.39, 0.29) is 12.0 Å². The zero-order valence-corrected chi connectivity index (χ0v) is 18.3. The van der Waals surface area contributed by atoms with Crippen LogP contribution in [0.1, 0.15) is 35.7 Å². The van der Waals surface area contributed by atoms with Crippen molar-refractivity contribution in [2.24, 2.45) is 0 Å². The fourth-order valence-corrected chi connectivity index (χ4v) is 4.95. The van der Waals surface area contributed by atoms with Crippen LogP contribution in [0.5, 0.6) is 0 Å². The van der Waals surface area contributed by atoms with Crippen molar-refractivity contribution >= 4 is 16.7 Å². The van der Waals surface area contributed by atoms with Gasteiger partial charge >= 0.3 is 0 Å². The molecule has 2 fully saturated rings. The van der Waals surface area contributed by atoms with Gasteiger partial charge in [0.1, 0.15) is 17.8 Å². The number of piperidine rings is 1. The number of aliphatic hydroxyl groups excluding tert-OH is 1. The van der Waals surface area contributed by atoms with Gasteiger partial charge in [-0.2, -0.15) is 5.10 Å². The number of benzene rings is 1. The number of fused-ring (bicyclic) bond motifs is 1. The van der Waals surface area contributed by atoms with Crippen molar-refractivity contribution in [2.75, 3.05) is 38.1 Å². The highest BCUT2D eigenvalue weighted by Crippen LogP contribution is 2.35. The highest BCUT2D eigenvalue weighted by atomic mass is 19.1. The topological polar surface area (TPSA) is 70.3 Å². The summed E-state index contributed by atoms with van der Waals surface area (Å²) < 4.78 is 16.7. The van der Waals surface area contributed by atoms with Crippen molar-refractivity contribution in [1.29, 1.82) is 0 Å². The number of aromatic nitrogens is 4. The van der Waals surface area contributed by atoms with Crippen LogP contribution in [-0.4, -0.2) is 75.3 Å². The van der Waals surface area contributed by atoms with Gasteiger partial charge in [0.05, 0.1) is 17.8 Å². The summed E-state index contributed by atoms with van der Waals surface area (Å²) in [5.41, 5.74) is 3.09. The van der Waals surface area contributed by atoms with Gasteiger partial charge in [0.2, 0.25) is 0 Å². The number of nitrogens with zero attached hydrogens (tertiary/aromatic N) is 6. The molecule has 0 saturated carbocycles. The Balaban J connectivity index is 1.56. The zero-order valence-electron chi connectivity index (χ0n) is 18.3. The quantitative estimate of drug-likeness (QED) is 0.697. The number of aliphatic hydroxyl groups is 1. The summed E-state index contributed by atoms with van der Waals surface area (Å²) in [6.07, 6.45) is 2.20. The summed E-state index contributed by atoms with van der Waals surface area (Å²) >= 11 is 0. The number of hydrogen-bond acceptors (Lipinski definition) is 6. The number of halogens is 1. The monoisotopic (exact) mass is 424 g/mol. The van der Waals surface area contributed by atoms with Gasteiger partial charge in [0.25, 0.3) is 0 Å². The molecular weight excluding hydrogens is 395 g/mol. The van der Waals surface area contributed by atoms with E-state index < -0.39 is 6.17 Å². The van der Waals surface area contributed by atoms with Crippen LogP contribution in [0, 0.1) is 13.8 Å². The van der Waals surface area contributed by atoms with Crippen molar-refractivity contribution < 1.29 is 9.50 Å². The second kappa shape index (κ2) is 7.84. The molecule has 1 N–H and O–H groups in total. The molecule has 0 bridgehead atoms. The Morgan fingerprint density at radius 2 is 1.84 bits per heavy atom. The lowest BCUT2D eigenvalue weighted by molar-refractivity contribution is 0.139. The second-order valence-electron chi connectivity index (χ2n) is 9.02. The number of anilines is 1. The Morgan fingerprint density at radius 3 is 2.58 bits per heavy atom. The molecule has 2 aliphatic rings. The van der Waals surface area contributed by atoms with Gasteiger partial charge in [-0.25, -0.2) is 19.0 Å². The third-order valence-electron chi connectivity index (χ3n) is 6.62. The van der Waals surface area contributed by atoms with E-state index in [0.29, 0.717) is 24.7 Å². The summed E-state index contributed by atoms with van der Waals surface area (Å²) in [5.74, 6) is 2.05. The van der Waals surface area contributed by atoms with Gasteiger partial charge in [0, 0.05) is 37.0 Å². The lowest BCUT2D eigenvalue weighted by atomic mass is 9.85. The van der Waals surface area contributed by atoms with Crippen LogP contribution < -0.4 is 4.90 Å². The van der Waals surface area contributed by atoms with Crippen LogP contribution in [0.4, 0.5) is 10.2 Å². The molecule has 0 spiro atoms. The average Bonchev–Trinajstić information content (AvgIpc) is 3.33. The van der Waals surface area contributed by atoms with Crippen molar-refractivity contribution in [3.05, 3.63) is 41.3 Å². The first-order valence-corrected chi connectivity index (χ1v) is 11.0. The zero-order chi connectivity index (χ0) is 21.7. The minimum atomic E-state index is -0.874. The number of likely N-dealkylation sites (tertiary alicyclic amines) is 1. The lowest BCUT2D eigenvalue weighted by Gasteiger charge is -2.33. The van der Waals surface area contributed by atoms with E-state index >= 15 is 0 Å². The van der Waals surface area contributed by atoms with Crippen LogP contribution >= 0.6 is 0 Å². The van der Waals surface area contributed by atoms with Gasteiger partial charge in [-0.3, -0.25) is 0 Å². The molecular formula is C23H29FN6O. The third kappa shape index (κ3) is 3.78. The Labute approximate surface area is 181 Å². The molecule has 164 valence electrons. The highest BCUT2D eigenvalue weighted by molar-refractivity contribution is 5.82. The summed E-state index contributed by atoms with van der Waals surface area (Å²) in [5, 5.41) is 15.5. The minimum absolute atomic E-state index is 0.0993. The summed E-state index contributed by atoms with van der Waals surface area (Å²) in [4.78, 5) is 13.3. The largest absolute Gasteiger partial charge is 0.391 e. The van der Waals surface area contributed by atoms with Crippen LogP contribution in [0.15, 0.2) is 24.4 Å². The van der Waals surface area contributed by atoms with Gasteiger partial charge in [0.15, 0.2) is 5.82 Å². The lowest BCUT2D eigenvalue weighted by Crippen LogP contribution is -2.38. The fraction of sp³-hybridized carbons (Fsp3) is 0.522. The first-order chi connectivity index (χ1) is 14.9. The molecule has 1 aromatic carbocycles. The smallest absolute Gasteiger partial charge is 0.159 e. The first kappa shape index (κ1) is 20.3. The summed E-state index contributed by atoms with van der Waals surface area (Å²) in [6, 6.07) is 6.12. The molecule has 4 heterocycles. The maximum atomic E-state index is 14.9. The van der Waals surface area contributed by atoms with E-state index in [9.17, 15) is 9.50 Å². The number of β-amino-alcohol motifs (C(OH)–C–C–N with tert-alkyl or cyclic N) is 1. The normalized spacial score (nSPS) is 24.9. The standard InChI is InChI=1S/C23H29FN6O/c1-14-8-16-11-25-30(21(16)9-19(14)18-5-6-28(3)13-20(18)24)23-10-22(26-15(2)27-23)29-7-4-17(31)12-29/h8-11,17-18,20,31H,4-7,12-13H2,1-3H3/t17?,18-,20-/m0/s1. The average molecular weight is 425 g/mol. The van der Waals surface area contributed by atoms with Gasteiger partial charge in [-0.15, -0.1) is 0 Å². The summed E-state index contributed by atoms with van der Waals surface area (Å²) in [7, 11) is 1.97. The van der Waals surface area contributed by atoms with Crippen molar-refractivity contribution in [1.82, 2.24) is 24.6 Å². The number of aryl methyl sites for hydroxylation is 2. The van der Waals surface area contributed by atoms with Crippen LogP contribution in [0.2, 0.25) is 0 Å². The van der Waals surface area contributed by atoms with Crippen LogP contribution in [-0.2, 0) is 0 Å². The van der Waals surface area contributed by atoms with Crippen molar-refractivity contribution in [3.8, 4) is 5.82 Å². The molecule has 3 aromatic rings. The molecule has 0 radical (unpaired) electrons. The van der Waals surface area contributed by atoms with E-state index in [1.807, 2.05) is 30.9 Å². The van der Waals surface area contributed by atoms with Crippen LogP contribution in [0.3, 0.4) is 0 Å². The number of rotatable bonds is 3. The van der Waals surface area contributed by atoms with Gasteiger partial charge in [-0.05, 0) is 63.5 Å². The molecule has 5 rings (SSSR count). The predicted octanol–water partition coefficient (Wildman–Crippen LogP) is 2.76. The van der Waals surface area contributed by atoms with E-state index in [0.717, 1.165) is 53.8 Å². The molecule has 2 aliphatic heterocycles. The van der Waals surface area contributed by atoms with Crippen LogP contribution in [0.25, 0.3) is 16.7 Å². The Hall–Kier alpha value is -2.58. The molecule has 7 nitrogen and oxygen atoms in total. The van der Waals surface area contributed by atoms with Gasteiger partial charge in [-0.1, -0.05) is 0 Å². The van der Waals surface area contributed by atoms with E-state index in [1.165, 1.54) is 0 Å². The maximum Gasteiger partial charge on any atom is 0.159 e. The molecule has 2 aromatic heterocycles. The second-order valence-corrected chi connectivity index (χ2v) is 9.02. The van der Waals surface area contributed by atoms with E-state index in [1.54, 1.807) is 0 Å². The highest BCUT2D eigenvalue weighted by Gasteiger charge is 2.30. The Bertz CT molecular complexity index is 1110. The molecule has 31 heavy (non-hydrogen) atoms. The van der Waals surface area contributed by atoms with E-state index in [2.05, 4.69) is 43.9 Å². The molecule has 1 unspecified atom stereocenters. The Kier molecular flexibility index (Phi) is 5.14. The SMILES string of the molecule is Cc1nc(N2CCC(O)C2)cc(-n2ncc3cc(C)c([C@@H]4CCN(C)C[C@@H]4F)cc32)n1. The molecule has 8 heteroatoms. The third-order valence-corrected chi connectivity index (χ3v) is 6.62. The minimum Gasteiger partial charge on any atom is -0.391 e.